The second kappa shape index (κ2) is 7.58. The fourth-order valence-corrected chi connectivity index (χ4v) is 2.36. The molecule has 120 valence electrons. The Morgan fingerprint density at radius 2 is 1.78 bits per heavy atom. The molecule has 4 nitrogen and oxygen atoms in total. The van der Waals surface area contributed by atoms with E-state index in [4.69, 9.17) is 0 Å². The van der Waals surface area contributed by atoms with Crippen molar-refractivity contribution in [2.75, 3.05) is 5.32 Å². The van der Waals surface area contributed by atoms with E-state index < -0.39 is 0 Å². The van der Waals surface area contributed by atoms with Crippen molar-refractivity contribution < 1.29 is 9.59 Å². The van der Waals surface area contributed by atoms with Gasteiger partial charge >= 0.3 is 0 Å². The first-order valence-electron chi connectivity index (χ1n) is 7.66. The summed E-state index contributed by atoms with van der Waals surface area (Å²) in [4.78, 5) is 23.3. The van der Waals surface area contributed by atoms with Crippen LogP contribution in [0.5, 0.6) is 0 Å². The van der Waals surface area contributed by atoms with Gasteiger partial charge in [-0.1, -0.05) is 42.0 Å². The van der Waals surface area contributed by atoms with Crippen LogP contribution in [0, 0.1) is 6.92 Å². The summed E-state index contributed by atoms with van der Waals surface area (Å²) < 4.78 is 0. The number of anilines is 1. The summed E-state index contributed by atoms with van der Waals surface area (Å²) >= 11 is 0. The van der Waals surface area contributed by atoms with Crippen LogP contribution in [0.15, 0.2) is 48.5 Å². The molecule has 0 spiro atoms. The molecule has 2 rings (SSSR count). The summed E-state index contributed by atoms with van der Waals surface area (Å²) in [7, 11) is 0. The summed E-state index contributed by atoms with van der Waals surface area (Å²) in [6, 6.07) is 15.3. The third-order valence-electron chi connectivity index (χ3n) is 3.57. The molecule has 1 atom stereocenters. The predicted octanol–water partition coefficient (Wildman–Crippen LogP) is 3.37. The molecule has 2 N–H and O–H groups in total. The zero-order valence-electron chi connectivity index (χ0n) is 13.7. The van der Waals surface area contributed by atoms with Crippen LogP contribution in [-0.2, 0) is 16.0 Å². The maximum Gasteiger partial charge on any atom is 0.224 e. The standard InChI is InChI=1S/C19H22N2O2/c1-13-7-9-16(10-8-13)11-19(23)20-14(2)17-5-4-6-18(12-17)21-15(3)22/h4-10,12,14H,11H2,1-3H3,(H,20,23)(H,21,22). The number of benzene rings is 2. The molecule has 0 radical (unpaired) electrons. The van der Waals surface area contributed by atoms with Gasteiger partial charge in [0.05, 0.1) is 12.5 Å². The first-order chi connectivity index (χ1) is 10.9. The van der Waals surface area contributed by atoms with Crippen LogP contribution in [0.3, 0.4) is 0 Å². The fraction of sp³-hybridized carbons (Fsp3) is 0.263. The van der Waals surface area contributed by atoms with Crippen LogP contribution in [0.4, 0.5) is 5.69 Å². The number of nitrogens with one attached hydrogen (secondary N) is 2. The smallest absolute Gasteiger partial charge is 0.224 e. The molecule has 0 bridgehead atoms. The van der Waals surface area contributed by atoms with E-state index in [1.807, 2.05) is 62.4 Å². The fourth-order valence-electron chi connectivity index (χ4n) is 2.36. The average molecular weight is 310 g/mol. The number of carbonyl (C=O) groups excluding carboxylic acids is 2. The molecule has 0 aromatic heterocycles. The van der Waals surface area contributed by atoms with Gasteiger partial charge in [-0.3, -0.25) is 9.59 Å². The first-order valence-corrected chi connectivity index (χ1v) is 7.66. The lowest BCUT2D eigenvalue weighted by atomic mass is 10.1. The Bertz CT molecular complexity index is 693. The second-order valence-corrected chi connectivity index (χ2v) is 5.76. The van der Waals surface area contributed by atoms with Crippen molar-refractivity contribution in [3.8, 4) is 0 Å². The topological polar surface area (TPSA) is 58.2 Å². The van der Waals surface area contributed by atoms with E-state index in [1.165, 1.54) is 12.5 Å². The van der Waals surface area contributed by atoms with Gasteiger partial charge in [0.1, 0.15) is 0 Å². The summed E-state index contributed by atoms with van der Waals surface area (Å²) in [5.74, 6) is -0.135. The van der Waals surface area contributed by atoms with Crippen molar-refractivity contribution in [3.63, 3.8) is 0 Å². The normalized spacial score (nSPS) is 11.6. The first kappa shape index (κ1) is 16.7. The molecule has 2 aromatic carbocycles. The largest absolute Gasteiger partial charge is 0.349 e. The van der Waals surface area contributed by atoms with Gasteiger partial charge < -0.3 is 10.6 Å². The van der Waals surface area contributed by atoms with E-state index in [2.05, 4.69) is 10.6 Å². The van der Waals surface area contributed by atoms with Crippen molar-refractivity contribution in [2.45, 2.75) is 33.2 Å². The number of rotatable bonds is 5. The zero-order valence-corrected chi connectivity index (χ0v) is 13.7. The van der Waals surface area contributed by atoms with Crippen molar-refractivity contribution >= 4 is 17.5 Å². The zero-order chi connectivity index (χ0) is 16.8. The number of amides is 2. The Kier molecular flexibility index (Phi) is 5.52. The molecular formula is C19H22N2O2. The van der Waals surface area contributed by atoms with Crippen LogP contribution >= 0.6 is 0 Å². The van der Waals surface area contributed by atoms with Crippen LogP contribution in [0.25, 0.3) is 0 Å². The molecule has 0 heterocycles. The van der Waals surface area contributed by atoms with Gasteiger partial charge in [0.2, 0.25) is 11.8 Å². The van der Waals surface area contributed by atoms with Crippen molar-refractivity contribution in [1.29, 1.82) is 0 Å². The summed E-state index contributed by atoms with van der Waals surface area (Å²) in [6.45, 7) is 5.42. The van der Waals surface area contributed by atoms with Crippen LogP contribution in [0.1, 0.15) is 36.6 Å². The van der Waals surface area contributed by atoms with Gasteiger partial charge in [0.15, 0.2) is 0 Å². The molecule has 23 heavy (non-hydrogen) atoms. The number of aryl methyl sites for hydroxylation is 1. The quantitative estimate of drug-likeness (QED) is 0.889. The van der Waals surface area contributed by atoms with Crippen LogP contribution < -0.4 is 10.6 Å². The minimum Gasteiger partial charge on any atom is -0.349 e. The van der Waals surface area contributed by atoms with Gasteiger partial charge in [-0.15, -0.1) is 0 Å². The molecule has 0 saturated heterocycles. The van der Waals surface area contributed by atoms with Crippen molar-refractivity contribution in [2.24, 2.45) is 0 Å². The Morgan fingerprint density at radius 1 is 1.09 bits per heavy atom. The maximum absolute atomic E-state index is 12.2. The van der Waals surface area contributed by atoms with Gasteiger partial charge in [0, 0.05) is 12.6 Å². The monoisotopic (exact) mass is 310 g/mol. The van der Waals surface area contributed by atoms with E-state index >= 15 is 0 Å². The Balaban J connectivity index is 1.97. The Hall–Kier alpha value is -2.62. The van der Waals surface area contributed by atoms with E-state index in [1.54, 1.807) is 0 Å². The number of hydrogen-bond donors (Lipinski definition) is 2. The minimum absolute atomic E-state index is 0.0220. The van der Waals surface area contributed by atoms with E-state index in [-0.39, 0.29) is 17.9 Å². The Labute approximate surface area is 136 Å². The second-order valence-electron chi connectivity index (χ2n) is 5.76. The number of carbonyl (C=O) groups is 2. The summed E-state index contributed by atoms with van der Waals surface area (Å²) in [5.41, 5.74) is 3.85. The van der Waals surface area contributed by atoms with Crippen LogP contribution in [0.2, 0.25) is 0 Å². The van der Waals surface area contributed by atoms with E-state index in [0.29, 0.717) is 6.42 Å². The molecule has 4 heteroatoms. The van der Waals surface area contributed by atoms with Gasteiger partial charge in [-0.05, 0) is 37.1 Å². The van der Waals surface area contributed by atoms with Gasteiger partial charge in [-0.2, -0.15) is 0 Å². The SMILES string of the molecule is CC(=O)Nc1cccc(C(C)NC(=O)Cc2ccc(C)cc2)c1. The van der Waals surface area contributed by atoms with Gasteiger partial charge in [0.25, 0.3) is 0 Å². The molecule has 0 saturated carbocycles. The third-order valence-corrected chi connectivity index (χ3v) is 3.57. The van der Waals surface area contributed by atoms with E-state index in [9.17, 15) is 9.59 Å². The highest BCUT2D eigenvalue weighted by Crippen LogP contribution is 2.17. The molecule has 0 aliphatic heterocycles. The molecule has 0 fully saturated rings. The third kappa shape index (κ3) is 5.25. The molecule has 1 unspecified atom stereocenters. The van der Waals surface area contributed by atoms with Crippen molar-refractivity contribution in [1.82, 2.24) is 5.32 Å². The molecular weight excluding hydrogens is 288 g/mol. The Morgan fingerprint density at radius 3 is 2.43 bits per heavy atom. The lowest BCUT2D eigenvalue weighted by Crippen LogP contribution is -2.28. The molecule has 0 aliphatic carbocycles. The maximum atomic E-state index is 12.2. The molecule has 2 aromatic rings. The summed E-state index contributed by atoms with van der Waals surface area (Å²) in [5, 5.41) is 5.74. The molecule has 0 aliphatic rings. The van der Waals surface area contributed by atoms with Gasteiger partial charge in [-0.25, -0.2) is 0 Å². The number of hydrogen-bond acceptors (Lipinski definition) is 2. The van der Waals surface area contributed by atoms with Crippen molar-refractivity contribution in [3.05, 3.63) is 65.2 Å². The lowest BCUT2D eigenvalue weighted by Gasteiger charge is -2.15. The molecule has 2 amide bonds. The highest BCUT2D eigenvalue weighted by atomic mass is 16.2. The van der Waals surface area contributed by atoms with E-state index in [0.717, 1.165) is 16.8 Å². The lowest BCUT2D eigenvalue weighted by molar-refractivity contribution is -0.121. The minimum atomic E-state index is -0.123. The predicted molar refractivity (Wildman–Crippen MR) is 92.2 cm³/mol. The average Bonchev–Trinajstić information content (AvgIpc) is 2.49. The highest BCUT2D eigenvalue weighted by Gasteiger charge is 2.11. The van der Waals surface area contributed by atoms with Crippen LogP contribution in [-0.4, -0.2) is 11.8 Å². The summed E-state index contributed by atoms with van der Waals surface area (Å²) in [6.07, 6.45) is 0.357. The highest BCUT2D eigenvalue weighted by molar-refractivity contribution is 5.88.